The number of hydrogen-bond donors (Lipinski definition) is 3. The van der Waals surface area contributed by atoms with Crippen molar-refractivity contribution in [2.24, 2.45) is 4.99 Å². The zero-order valence-electron chi connectivity index (χ0n) is 15.1. The number of halogens is 2. The van der Waals surface area contributed by atoms with Gasteiger partial charge in [-0.1, -0.05) is 23.2 Å². The first-order valence-electron chi connectivity index (χ1n) is 8.95. The first-order valence-corrected chi connectivity index (χ1v) is 9.71. The van der Waals surface area contributed by atoms with Crippen molar-refractivity contribution < 1.29 is 9.47 Å². The molecule has 2 heterocycles. The highest BCUT2D eigenvalue weighted by Crippen LogP contribution is 2.21. The summed E-state index contributed by atoms with van der Waals surface area (Å²) in [6, 6.07) is 1.66. The topological polar surface area (TPSA) is 79.8 Å². The molecule has 9 heteroatoms. The minimum absolute atomic E-state index is 0.254. The van der Waals surface area contributed by atoms with Crippen LogP contribution < -0.4 is 16.0 Å². The molecule has 0 aromatic carbocycles. The number of aromatic nitrogens is 1. The maximum atomic E-state index is 6.08. The van der Waals surface area contributed by atoms with E-state index in [0.717, 1.165) is 32.0 Å². The van der Waals surface area contributed by atoms with Crippen LogP contribution in [0.4, 0.5) is 5.82 Å². The van der Waals surface area contributed by atoms with E-state index in [1.165, 1.54) is 0 Å². The lowest BCUT2D eigenvalue weighted by atomic mass is 10.3. The van der Waals surface area contributed by atoms with Gasteiger partial charge in [-0.2, -0.15) is 0 Å². The molecule has 146 valence electrons. The van der Waals surface area contributed by atoms with E-state index in [9.17, 15) is 0 Å². The third-order valence-corrected chi connectivity index (χ3v) is 4.17. The highest BCUT2D eigenvalue weighted by molar-refractivity contribution is 6.35. The lowest BCUT2D eigenvalue weighted by Crippen LogP contribution is -2.39. The van der Waals surface area contributed by atoms with Gasteiger partial charge in [-0.15, -0.1) is 0 Å². The summed E-state index contributed by atoms with van der Waals surface area (Å²) in [5.74, 6) is 1.40. The Morgan fingerprint density at radius 2 is 2.27 bits per heavy atom. The average Bonchev–Trinajstić information content (AvgIpc) is 3.13. The maximum Gasteiger partial charge on any atom is 0.191 e. The minimum atomic E-state index is 0.254. The second kappa shape index (κ2) is 12.2. The molecule has 7 nitrogen and oxygen atoms in total. The lowest BCUT2D eigenvalue weighted by molar-refractivity contribution is 0.0424. The van der Waals surface area contributed by atoms with Crippen LogP contribution in [0.1, 0.15) is 19.8 Å². The molecule has 1 atom stereocenters. The first kappa shape index (κ1) is 21.0. The quantitative estimate of drug-likeness (QED) is 0.316. The molecule has 1 saturated heterocycles. The molecule has 0 spiro atoms. The third kappa shape index (κ3) is 7.95. The van der Waals surface area contributed by atoms with Crippen molar-refractivity contribution in [1.82, 2.24) is 15.6 Å². The molecule has 0 bridgehead atoms. The van der Waals surface area contributed by atoms with Crippen LogP contribution in [0.3, 0.4) is 0 Å². The van der Waals surface area contributed by atoms with Crippen LogP contribution in [-0.2, 0) is 9.47 Å². The Hall–Kier alpha value is -1.28. The Morgan fingerprint density at radius 1 is 1.38 bits per heavy atom. The van der Waals surface area contributed by atoms with Gasteiger partial charge in [0.05, 0.1) is 22.8 Å². The number of anilines is 1. The second-order valence-corrected chi connectivity index (χ2v) is 6.65. The molecule has 0 amide bonds. The third-order valence-electron chi connectivity index (χ3n) is 3.68. The monoisotopic (exact) mass is 403 g/mol. The predicted molar refractivity (Wildman–Crippen MR) is 107 cm³/mol. The zero-order chi connectivity index (χ0) is 18.6. The number of guanidine groups is 1. The van der Waals surface area contributed by atoms with Gasteiger partial charge in [0, 0.05) is 45.6 Å². The Bertz CT molecular complexity index is 568. The van der Waals surface area contributed by atoms with Crippen molar-refractivity contribution in [3.63, 3.8) is 0 Å². The molecule has 1 aliphatic rings. The SMILES string of the molecule is CCNC(=NCCCOC1CCOC1)NCCNc1ncc(Cl)cc1Cl. The molecule has 0 aliphatic carbocycles. The smallest absolute Gasteiger partial charge is 0.191 e. The largest absolute Gasteiger partial charge is 0.379 e. The van der Waals surface area contributed by atoms with Gasteiger partial charge in [-0.25, -0.2) is 4.98 Å². The molecule has 1 fully saturated rings. The maximum absolute atomic E-state index is 6.08. The number of hydrogen-bond acceptors (Lipinski definition) is 5. The summed E-state index contributed by atoms with van der Waals surface area (Å²) in [5.41, 5.74) is 0. The van der Waals surface area contributed by atoms with Crippen molar-refractivity contribution in [2.45, 2.75) is 25.9 Å². The number of nitrogens with zero attached hydrogens (tertiary/aromatic N) is 2. The van der Waals surface area contributed by atoms with Gasteiger partial charge in [0.25, 0.3) is 0 Å². The van der Waals surface area contributed by atoms with Crippen molar-refractivity contribution in [2.75, 3.05) is 51.3 Å². The van der Waals surface area contributed by atoms with E-state index in [4.69, 9.17) is 32.7 Å². The minimum Gasteiger partial charge on any atom is -0.379 e. The molecular weight excluding hydrogens is 377 g/mol. The summed E-state index contributed by atoms with van der Waals surface area (Å²) >= 11 is 11.9. The van der Waals surface area contributed by atoms with Gasteiger partial charge in [-0.05, 0) is 25.8 Å². The number of pyridine rings is 1. The zero-order valence-corrected chi connectivity index (χ0v) is 16.6. The normalized spacial score (nSPS) is 17.3. The molecule has 1 aliphatic heterocycles. The summed E-state index contributed by atoms with van der Waals surface area (Å²) in [6.07, 6.45) is 3.70. The van der Waals surface area contributed by atoms with Crippen LogP contribution in [0.25, 0.3) is 0 Å². The van der Waals surface area contributed by atoms with Crippen LogP contribution in [0, 0.1) is 0 Å². The highest BCUT2D eigenvalue weighted by Gasteiger charge is 2.15. The second-order valence-electron chi connectivity index (χ2n) is 5.81. The molecule has 3 N–H and O–H groups in total. The Kier molecular flexibility index (Phi) is 9.84. The lowest BCUT2D eigenvalue weighted by Gasteiger charge is -2.13. The predicted octanol–water partition coefficient (Wildman–Crippen LogP) is 2.55. The van der Waals surface area contributed by atoms with Gasteiger partial charge in [-0.3, -0.25) is 4.99 Å². The van der Waals surface area contributed by atoms with E-state index in [-0.39, 0.29) is 6.10 Å². The molecule has 26 heavy (non-hydrogen) atoms. The van der Waals surface area contributed by atoms with Gasteiger partial charge < -0.3 is 25.4 Å². The van der Waals surface area contributed by atoms with Crippen LogP contribution in [0.2, 0.25) is 10.0 Å². The molecule has 0 saturated carbocycles. The number of rotatable bonds is 10. The van der Waals surface area contributed by atoms with E-state index in [1.54, 1.807) is 12.3 Å². The molecular formula is C17H27Cl2N5O2. The summed E-state index contributed by atoms with van der Waals surface area (Å²) < 4.78 is 11.0. The Balaban J connectivity index is 1.62. The van der Waals surface area contributed by atoms with Crippen LogP contribution in [0.15, 0.2) is 17.3 Å². The van der Waals surface area contributed by atoms with E-state index in [2.05, 4.69) is 25.9 Å². The average molecular weight is 404 g/mol. The fourth-order valence-corrected chi connectivity index (χ4v) is 2.84. The molecule has 1 unspecified atom stereocenters. The number of aliphatic imine (C=N–C) groups is 1. The van der Waals surface area contributed by atoms with Crippen LogP contribution in [0.5, 0.6) is 0 Å². The summed E-state index contributed by atoms with van der Waals surface area (Å²) in [5, 5.41) is 10.7. The van der Waals surface area contributed by atoms with E-state index in [1.807, 2.05) is 6.92 Å². The molecule has 1 aromatic rings. The van der Waals surface area contributed by atoms with Gasteiger partial charge in [0.1, 0.15) is 5.82 Å². The van der Waals surface area contributed by atoms with Crippen molar-refractivity contribution in [3.8, 4) is 0 Å². The van der Waals surface area contributed by atoms with Crippen molar-refractivity contribution in [3.05, 3.63) is 22.3 Å². The van der Waals surface area contributed by atoms with Crippen LogP contribution >= 0.6 is 23.2 Å². The first-order chi connectivity index (χ1) is 12.7. The van der Waals surface area contributed by atoms with E-state index in [0.29, 0.717) is 48.7 Å². The van der Waals surface area contributed by atoms with Crippen molar-refractivity contribution in [1.29, 1.82) is 0 Å². The summed E-state index contributed by atoms with van der Waals surface area (Å²) in [4.78, 5) is 8.71. The standard InChI is InChI=1S/C17H27Cl2N5O2/c1-2-20-17(22-5-3-8-26-14-4-9-25-12-14)23-7-6-21-16-15(19)10-13(18)11-24-16/h10-11,14H,2-9,12H2,1H3,(H,21,24)(H2,20,22,23). The highest BCUT2D eigenvalue weighted by atomic mass is 35.5. The van der Waals surface area contributed by atoms with Gasteiger partial charge >= 0.3 is 0 Å². The van der Waals surface area contributed by atoms with E-state index < -0.39 is 0 Å². The van der Waals surface area contributed by atoms with Gasteiger partial charge in [0.2, 0.25) is 0 Å². The Labute approximate surface area is 164 Å². The van der Waals surface area contributed by atoms with E-state index >= 15 is 0 Å². The molecule has 2 rings (SSSR count). The fourth-order valence-electron chi connectivity index (χ4n) is 2.40. The van der Waals surface area contributed by atoms with Gasteiger partial charge in [0.15, 0.2) is 5.96 Å². The Morgan fingerprint density at radius 3 is 3.00 bits per heavy atom. The molecule has 1 aromatic heterocycles. The fraction of sp³-hybridized carbons (Fsp3) is 0.647. The van der Waals surface area contributed by atoms with Crippen molar-refractivity contribution >= 4 is 35.0 Å². The number of nitrogens with one attached hydrogen (secondary N) is 3. The number of ether oxygens (including phenoxy) is 2. The summed E-state index contributed by atoms with van der Waals surface area (Å²) in [6.45, 7) is 7.12. The van der Waals surface area contributed by atoms with Crippen LogP contribution in [-0.4, -0.2) is 63.0 Å². The molecule has 0 radical (unpaired) electrons. The summed E-state index contributed by atoms with van der Waals surface area (Å²) in [7, 11) is 0.